The Kier molecular flexibility index (Phi) is 5.84. The molecule has 23 heavy (non-hydrogen) atoms. The average molecular weight is 330 g/mol. The molecule has 0 aromatic heterocycles. The zero-order chi connectivity index (χ0) is 16.7. The van der Waals surface area contributed by atoms with E-state index < -0.39 is 0 Å². The zero-order valence-corrected chi connectivity index (χ0v) is 13.4. The van der Waals surface area contributed by atoms with Gasteiger partial charge in [0.2, 0.25) is 5.91 Å². The predicted molar refractivity (Wildman–Crippen MR) is 90.9 cm³/mol. The van der Waals surface area contributed by atoms with Crippen LogP contribution in [0.25, 0.3) is 0 Å². The Morgan fingerprint density at radius 3 is 2.52 bits per heavy atom. The van der Waals surface area contributed by atoms with Crippen LogP contribution in [0.5, 0.6) is 5.75 Å². The van der Waals surface area contributed by atoms with Crippen LogP contribution in [0.3, 0.4) is 0 Å². The quantitative estimate of drug-likeness (QED) is 0.848. The molecule has 0 heterocycles. The van der Waals surface area contributed by atoms with Crippen molar-refractivity contribution in [3.8, 4) is 11.8 Å². The van der Waals surface area contributed by atoms with Gasteiger partial charge in [-0.15, -0.1) is 0 Å². The highest BCUT2D eigenvalue weighted by Gasteiger charge is 2.05. The topological polar surface area (TPSA) is 74.2 Å². The molecular weight excluding hydrogens is 314 g/mol. The smallest absolute Gasteiger partial charge is 0.226 e. The van der Waals surface area contributed by atoms with Gasteiger partial charge in [0, 0.05) is 24.3 Å². The molecule has 0 aliphatic rings. The molecule has 6 heteroatoms. The van der Waals surface area contributed by atoms with Gasteiger partial charge < -0.3 is 15.4 Å². The van der Waals surface area contributed by atoms with Crippen molar-refractivity contribution in [2.75, 3.05) is 24.3 Å². The maximum atomic E-state index is 11.9. The summed E-state index contributed by atoms with van der Waals surface area (Å²) in [6, 6.07) is 14.2. The van der Waals surface area contributed by atoms with Crippen molar-refractivity contribution >= 4 is 28.9 Å². The van der Waals surface area contributed by atoms with Crippen molar-refractivity contribution in [2.24, 2.45) is 0 Å². The van der Waals surface area contributed by atoms with Crippen molar-refractivity contribution in [2.45, 2.75) is 6.42 Å². The molecule has 0 radical (unpaired) electrons. The van der Waals surface area contributed by atoms with Crippen LogP contribution >= 0.6 is 11.6 Å². The Hall–Kier alpha value is -2.71. The molecule has 0 spiro atoms. The van der Waals surface area contributed by atoms with Crippen LogP contribution < -0.4 is 15.4 Å². The highest BCUT2D eigenvalue weighted by atomic mass is 35.5. The van der Waals surface area contributed by atoms with Gasteiger partial charge in [0.05, 0.1) is 23.8 Å². The number of nitrogens with zero attached hydrogens (tertiary/aromatic N) is 1. The van der Waals surface area contributed by atoms with Crippen molar-refractivity contribution in [1.82, 2.24) is 0 Å². The molecule has 2 rings (SSSR count). The standard InChI is InChI=1S/C17H16ClN3O2/c1-23-16-7-6-14(10-15(16)18)21-17(22)8-9-20-13-4-2-12(11-19)3-5-13/h2-7,10,20H,8-9H2,1H3,(H,21,22). The lowest BCUT2D eigenvalue weighted by atomic mass is 10.2. The zero-order valence-electron chi connectivity index (χ0n) is 12.6. The molecule has 0 unspecified atom stereocenters. The molecule has 0 aliphatic carbocycles. The van der Waals surface area contributed by atoms with Gasteiger partial charge in [-0.3, -0.25) is 4.79 Å². The monoisotopic (exact) mass is 329 g/mol. The number of nitrogens with one attached hydrogen (secondary N) is 2. The van der Waals surface area contributed by atoms with Crippen LogP contribution in [0.1, 0.15) is 12.0 Å². The number of hydrogen-bond donors (Lipinski definition) is 2. The van der Waals surface area contributed by atoms with E-state index in [1.165, 1.54) is 7.11 Å². The van der Waals surface area contributed by atoms with Crippen LogP contribution in [0.2, 0.25) is 5.02 Å². The van der Waals surface area contributed by atoms with Gasteiger partial charge in [-0.05, 0) is 42.5 Å². The van der Waals surface area contributed by atoms with Crippen molar-refractivity contribution < 1.29 is 9.53 Å². The summed E-state index contributed by atoms with van der Waals surface area (Å²) in [7, 11) is 1.54. The Morgan fingerprint density at radius 1 is 1.22 bits per heavy atom. The second-order valence-electron chi connectivity index (χ2n) is 4.76. The van der Waals surface area contributed by atoms with Crippen molar-refractivity contribution in [3.05, 3.63) is 53.1 Å². The first-order valence-electron chi connectivity index (χ1n) is 7.00. The van der Waals surface area contributed by atoms with Gasteiger partial charge in [0.15, 0.2) is 0 Å². The van der Waals surface area contributed by atoms with E-state index in [0.29, 0.717) is 35.0 Å². The molecule has 0 atom stereocenters. The van der Waals surface area contributed by atoms with Crippen molar-refractivity contribution in [1.29, 1.82) is 5.26 Å². The lowest BCUT2D eigenvalue weighted by Gasteiger charge is -2.09. The highest BCUT2D eigenvalue weighted by Crippen LogP contribution is 2.27. The average Bonchev–Trinajstić information content (AvgIpc) is 2.55. The van der Waals surface area contributed by atoms with Gasteiger partial charge in [-0.1, -0.05) is 11.6 Å². The number of halogens is 1. The van der Waals surface area contributed by atoms with Gasteiger partial charge in [0.1, 0.15) is 5.75 Å². The summed E-state index contributed by atoms with van der Waals surface area (Å²) in [5.74, 6) is 0.444. The summed E-state index contributed by atoms with van der Waals surface area (Å²) in [6.07, 6.45) is 0.309. The molecule has 2 aromatic rings. The van der Waals surface area contributed by atoms with E-state index in [1.807, 2.05) is 0 Å². The Labute approximate surface area is 139 Å². The van der Waals surface area contributed by atoms with Crippen LogP contribution in [0.4, 0.5) is 11.4 Å². The summed E-state index contributed by atoms with van der Waals surface area (Å²) >= 11 is 6.01. The first-order valence-corrected chi connectivity index (χ1v) is 7.37. The second kappa shape index (κ2) is 8.06. The summed E-state index contributed by atoms with van der Waals surface area (Å²) in [6.45, 7) is 0.488. The van der Waals surface area contributed by atoms with Crippen LogP contribution in [0.15, 0.2) is 42.5 Å². The SMILES string of the molecule is COc1ccc(NC(=O)CCNc2ccc(C#N)cc2)cc1Cl. The molecule has 0 bridgehead atoms. The Balaban J connectivity index is 1.80. The fraction of sp³-hybridized carbons (Fsp3) is 0.176. The van der Waals surface area contributed by atoms with E-state index >= 15 is 0 Å². The molecule has 118 valence electrons. The lowest BCUT2D eigenvalue weighted by molar-refractivity contribution is -0.115. The van der Waals surface area contributed by atoms with Crippen LogP contribution in [-0.4, -0.2) is 19.6 Å². The molecule has 2 N–H and O–H groups in total. The van der Waals surface area contributed by atoms with Gasteiger partial charge in [-0.25, -0.2) is 0 Å². The van der Waals surface area contributed by atoms with E-state index in [1.54, 1.807) is 42.5 Å². The number of hydrogen-bond acceptors (Lipinski definition) is 4. The maximum absolute atomic E-state index is 11.9. The van der Waals surface area contributed by atoms with Crippen molar-refractivity contribution in [3.63, 3.8) is 0 Å². The number of rotatable bonds is 6. The molecular formula is C17H16ClN3O2. The number of amides is 1. The van der Waals surface area contributed by atoms with E-state index in [-0.39, 0.29) is 5.91 Å². The molecule has 0 saturated heterocycles. The van der Waals surface area contributed by atoms with Gasteiger partial charge in [-0.2, -0.15) is 5.26 Å². The highest BCUT2D eigenvalue weighted by molar-refractivity contribution is 6.32. The first kappa shape index (κ1) is 16.7. The Bertz CT molecular complexity index is 724. The predicted octanol–water partition coefficient (Wildman–Crippen LogP) is 3.66. The molecule has 0 fully saturated rings. The fourth-order valence-corrected chi connectivity index (χ4v) is 2.21. The molecule has 5 nitrogen and oxygen atoms in total. The maximum Gasteiger partial charge on any atom is 0.226 e. The third-order valence-electron chi connectivity index (χ3n) is 3.13. The normalized spacial score (nSPS) is 9.78. The van der Waals surface area contributed by atoms with E-state index in [4.69, 9.17) is 21.6 Å². The molecule has 1 amide bonds. The Morgan fingerprint density at radius 2 is 1.91 bits per heavy atom. The van der Waals surface area contributed by atoms with Gasteiger partial charge in [0.25, 0.3) is 0 Å². The number of carbonyl (C=O) groups is 1. The van der Waals surface area contributed by atoms with E-state index in [2.05, 4.69) is 16.7 Å². The summed E-state index contributed by atoms with van der Waals surface area (Å²) in [4.78, 5) is 11.9. The van der Waals surface area contributed by atoms with E-state index in [9.17, 15) is 4.79 Å². The minimum Gasteiger partial charge on any atom is -0.495 e. The molecule has 0 aliphatic heterocycles. The number of carbonyl (C=O) groups excluding carboxylic acids is 1. The number of methoxy groups -OCH3 is 1. The van der Waals surface area contributed by atoms with Crippen LogP contribution in [0, 0.1) is 11.3 Å². The largest absolute Gasteiger partial charge is 0.495 e. The second-order valence-corrected chi connectivity index (χ2v) is 5.17. The minimum absolute atomic E-state index is 0.118. The number of anilines is 2. The minimum atomic E-state index is -0.118. The third-order valence-corrected chi connectivity index (χ3v) is 3.43. The molecule has 2 aromatic carbocycles. The summed E-state index contributed by atoms with van der Waals surface area (Å²) in [5, 5.41) is 15.1. The van der Waals surface area contributed by atoms with E-state index in [0.717, 1.165) is 5.69 Å². The summed E-state index contributed by atoms with van der Waals surface area (Å²) in [5.41, 5.74) is 2.09. The fourth-order valence-electron chi connectivity index (χ4n) is 1.95. The first-order chi connectivity index (χ1) is 11.1. The molecule has 0 saturated carbocycles. The van der Waals surface area contributed by atoms with Gasteiger partial charge >= 0.3 is 0 Å². The lowest BCUT2D eigenvalue weighted by Crippen LogP contribution is -2.16. The summed E-state index contributed by atoms with van der Waals surface area (Å²) < 4.78 is 5.06. The number of nitriles is 1. The number of benzene rings is 2. The van der Waals surface area contributed by atoms with Crippen LogP contribution in [-0.2, 0) is 4.79 Å². The number of ether oxygens (including phenoxy) is 1. The third kappa shape index (κ3) is 4.90.